The zero-order valence-electron chi connectivity index (χ0n) is 20.1. The van der Waals surface area contributed by atoms with E-state index in [1.807, 2.05) is 25.7 Å². The number of carbonyl (C=O) groups is 3. The lowest BCUT2D eigenvalue weighted by molar-refractivity contribution is 0.0158. The second-order valence-electron chi connectivity index (χ2n) is 10.4. The lowest BCUT2D eigenvalue weighted by Crippen LogP contribution is -2.51. The van der Waals surface area contributed by atoms with Crippen molar-refractivity contribution in [2.24, 2.45) is 5.92 Å². The normalized spacial score (nSPS) is 20.9. The molecule has 0 aliphatic carbocycles. The van der Waals surface area contributed by atoms with E-state index in [1.165, 1.54) is 4.90 Å². The maximum Gasteiger partial charge on any atom is 0.410 e. The number of amides is 3. The monoisotopic (exact) mass is 456 g/mol. The van der Waals surface area contributed by atoms with E-state index in [0.29, 0.717) is 30.1 Å². The average molecular weight is 457 g/mol. The molecule has 0 bridgehead atoms. The van der Waals surface area contributed by atoms with Gasteiger partial charge in [0.1, 0.15) is 5.60 Å². The molecule has 180 valence electrons. The molecule has 4 rings (SSSR count). The van der Waals surface area contributed by atoms with E-state index in [-0.39, 0.29) is 17.9 Å². The molecule has 1 aromatic carbocycles. The van der Waals surface area contributed by atoms with Crippen molar-refractivity contribution in [3.05, 3.63) is 35.4 Å². The van der Waals surface area contributed by atoms with Gasteiger partial charge in [-0.3, -0.25) is 19.4 Å². The zero-order chi connectivity index (χ0) is 23.6. The Bertz CT molecular complexity index is 846. The SMILES string of the molecule is CC(C)(C)OC(=O)N1CCC(CN2CCN(CCN3C(=O)c4ccccc4C3=O)CC2)CC1. The molecule has 1 aromatic rings. The standard InChI is InChI=1S/C25H36N4O4/c1-25(2,3)33-24(32)28-10-8-19(9-11-28)18-27-14-12-26(13-15-27)16-17-29-22(30)20-6-4-5-7-21(20)23(29)31/h4-7,19H,8-18H2,1-3H3. The first-order valence-corrected chi connectivity index (χ1v) is 12.1. The molecule has 0 radical (unpaired) electrons. The van der Waals surface area contributed by atoms with Crippen LogP contribution in [0.4, 0.5) is 4.79 Å². The summed E-state index contributed by atoms with van der Waals surface area (Å²) in [6, 6.07) is 7.06. The number of carbonyl (C=O) groups excluding carboxylic acids is 3. The first-order valence-electron chi connectivity index (χ1n) is 12.1. The number of benzene rings is 1. The highest BCUT2D eigenvalue weighted by Crippen LogP contribution is 2.23. The summed E-state index contributed by atoms with van der Waals surface area (Å²) in [5.74, 6) is 0.257. The molecule has 0 spiro atoms. The third-order valence-corrected chi connectivity index (χ3v) is 6.77. The zero-order valence-corrected chi connectivity index (χ0v) is 20.1. The fourth-order valence-corrected chi connectivity index (χ4v) is 4.87. The molecule has 0 N–H and O–H groups in total. The topological polar surface area (TPSA) is 73.4 Å². The lowest BCUT2D eigenvalue weighted by atomic mass is 9.96. The number of imide groups is 1. The summed E-state index contributed by atoms with van der Waals surface area (Å²) in [6.45, 7) is 13.3. The van der Waals surface area contributed by atoms with E-state index in [9.17, 15) is 14.4 Å². The van der Waals surface area contributed by atoms with E-state index < -0.39 is 5.60 Å². The number of ether oxygens (including phenoxy) is 1. The lowest BCUT2D eigenvalue weighted by Gasteiger charge is -2.39. The van der Waals surface area contributed by atoms with E-state index >= 15 is 0 Å². The molecule has 8 nitrogen and oxygen atoms in total. The molecule has 8 heteroatoms. The number of hydrogen-bond donors (Lipinski definition) is 0. The first kappa shape index (κ1) is 23.7. The Kier molecular flexibility index (Phi) is 7.05. The van der Waals surface area contributed by atoms with Gasteiger partial charge in [-0.1, -0.05) is 12.1 Å². The van der Waals surface area contributed by atoms with Gasteiger partial charge < -0.3 is 14.5 Å². The highest BCUT2D eigenvalue weighted by Gasteiger charge is 2.35. The Morgan fingerprint density at radius 1 is 0.879 bits per heavy atom. The highest BCUT2D eigenvalue weighted by atomic mass is 16.6. The number of likely N-dealkylation sites (tertiary alicyclic amines) is 1. The number of hydrogen-bond acceptors (Lipinski definition) is 6. The molecule has 3 aliphatic heterocycles. The molecule has 0 aromatic heterocycles. The van der Waals surface area contributed by atoms with Crippen molar-refractivity contribution >= 4 is 17.9 Å². The van der Waals surface area contributed by atoms with Gasteiger partial charge in [0.25, 0.3) is 11.8 Å². The van der Waals surface area contributed by atoms with Gasteiger partial charge in [-0.05, 0) is 51.7 Å². The maximum absolute atomic E-state index is 12.5. The van der Waals surface area contributed by atoms with Crippen LogP contribution in [0, 0.1) is 5.92 Å². The molecule has 3 amide bonds. The molecule has 3 heterocycles. The van der Waals surface area contributed by atoms with Crippen molar-refractivity contribution in [1.29, 1.82) is 0 Å². The fraction of sp³-hybridized carbons (Fsp3) is 0.640. The van der Waals surface area contributed by atoms with Crippen LogP contribution < -0.4 is 0 Å². The summed E-state index contributed by atoms with van der Waals surface area (Å²) in [7, 11) is 0. The van der Waals surface area contributed by atoms with Crippen LogP contribution in [0.3, 0.4) is 0 Å². The molecule has 0 unspecified atom stereocenters. The smallest absolute Gasteiger partial charge is 0.410 e. The Balaban J connectivity index is 1.15. The predicted octanol–water partition coefficient (Wildman–Crippen LogP) is 2.55. The van der Waals surface area contributed by atoms with Crippen LogP contribution >= 0.6 is 0 Å². The predicted molar refractivity (Wildman–Crippen MR) is 125 cm³/mol. The molecule has 3 aliphatic rings. The summed E-state index contributed by atoms with van der Waals surface area (Å²) in [6.07, 6.45) is 1.82. The molecule has 0 saturated carbocycles. The summed E-state index contributed by atoms with van der Waals surface area (Å²) >= 11 is 0. The van der Waals surface area contributed by atoms with E-state index in [2.05, 4.69) is 9.80 Å². The van der Waals surface area contributed by atoms with Crippen LogP contribution in [0.1, 0.15) is 54.3 Å². The second-order valence-corrected chi connectivity index (χ2v) is 10.4. The molecular formula is C25H36N4O4. The minimum absolute atomic E-state index is 0.174. The number of piperazine rings is 1. The third kappa shape index (κ3) is 5.73. The molecule has 2 fully saturated rings. The van der Waals surface area contributed by atoms with Gasteiger partial charge in [0.2, 0.25) is 0 Å². The van der Waals surface area contributed by atoms with Crippen LogP contribution in [-0.2, 0) is 4.74 Å². The van der Waals surface area contributed by atoms with E-state index in [1.54, 1.807) is 24.3 Å². The second kappa shape index (κ2) is 9.81. The summed E-state index contributed by atoms with van der Waals surface area (Å²) < 4.78 is 5.49. The number of piperidine rings is 1. The van der Waals surface area contributed by atoms with Gasteiger partial charge in [-0.2, -0.15) is 0 Å². The molecule has 2 saturated heterocycles. The number of nitrogens with zero attached hydrogens (tertiary/aromatic N) is 4. The first-order chi connectivity index (χ1) is 15.7. The minimum atomic E-state index is -0.451. The third-order valence-electron chi connectivity index (χ3n) is 6.77. The Morgan fingerprint density at radius 3 is 1.97 bits per heavy atom. The molecular weight excluding hydrogens is 420 g/mol. The number of fused-ring (bicyclic) bond motifs is 1. The van der Waals surface area contributed by atoms with Crippen LogP contribution in [0.2, 0.25) is 0 Å². The quantitative estimate of drug-likeness (QED) is 0.634. The van der Waals surface area contributed by atoms with Crippen molar-refractivity contribution in [2.75, 3.05) is 58.9 Å². The Hall–Kier alpha value is -2.45. The van der Waals surface area contributed by atoms with Crippen molar-refractivity contribution in [1.82, 2.24) is 19.6 Å². The van der Waals surface area contributed by atoms with Crippen molar-refractivity contribution in [3.8, 4) is 0 Å². The average Bonchev–Trinajstić information content (AvgIpc) is 3.03. The van der Waals surface area contributed by atoms with Gasteiger partial charge >= 0.3 is 6.09 Å². The summed E-state index contributed by atoms with van der Waals surface area (Å²) in [4.78, 5) is 45.4. The van der Waals surface area contributed by atoms with Crippen LogP contribution in [0.25, 0.3) is 0 Å². The van der Waals surface area contributed by atoms with Crippen LogP contribution in [0.15, 0.2) is 24.3 Å². The van der Waals surface area contributed by atoms with Crippen LogP contribution in [-0.4, -0.2) is 102 Å². The van der Waals surface area contributed by atoms with Crippen LogP contribution in [0.5, 0.6) is 0 Å². The molecule has 33 heavy (non-hydrogen) atoms. The largest absolute Gasteiger partial charge is 0.444 e. The van der Waals surface area contributed by atoms with Gasteiger partial charge in [-0.15, -0.1) is 0 Å². The highest BCUT2D eigenvalue weighted by molar-refractivity contribution is 6.21. The summed E-state index contributed by atoms with van der Waals surface area (Å²) in [5, 5.41) is 0. The van der Waals surface area contributed by atoms with Gasteiger partial charge in [0, 0.05) is 58.9 Å². The maximum atomic E-state index is 12.5. The Labute approximate surface area is 196 Å². The summed E-state index contributed by atoms with van der Waals surface area (Å²) in [5.41, 5.74) is 0.586. The Morgan fingerprint density at radius 2 is 1.42 bits per heavy atom. The van der Waals surface area contributed by atoms with Crippen molar-refractivity contribution in [3.63, 3.8) is 0 Å². The number of rotatable bonds is 5. The van der Waals surface area contributed by atoms with E-state index in [4.69, 9.17) is 4.74 Å². The van der Waals surface area contributed by atoms with Crippen molar-refractivity contribution in [2.45, 2.75) is 39.2 Å². The fourth-order valence-electron chi connectivity index (χ4n) is 4.87. The van der Waals surface area contributed by atoms with E-state index in [0.717, 1.165) is 58.7 Å². The van der Waals surface area contributed by atoms with Gasteiger partial charge in [0.05, 0.1) is 11.1 Å². The van der Waals surface area contributed by atoms with Gasteiger partial charge in [0.15, 0.2) is 0 Å². The minimum Gasteiger partial charge on any atom is -0.444 e. The molecule has 0 atom stereocenters. The van der Waals surface area contributed by atoms with Gasteiger partial charge in [-0.25, -0.2) is 4.79 Å². The van der Waals surface area contributed by atoms with Crippen molar-refractivity contribution < 1.29 is 19.1 Å².